The van der Waals surface area contributed by atoms with E-state index in [9.17, 15) is 4.39 Å². The summed E-state index contributed by atoms with van der Waals surface area (Å²) in [5.41, 5.74) is 3.42. The minimum atomic E-state index is -0.220. The Bertz CT molecular complexity index is 749. The molecule has 1 heterocycles. The Morgan fingerprint density at radius 1 is 0.963 bits per heavy atom. The SMILES string of the molecule is CCNC(=NCc1ccc(N2CC=CC2)cc1)NCc1ccc(F)cc1.I. The molecule has 2 N–H and O–H groups in total. The topological polar surface area (TPSA) is 39.7 Å². The quantitative estimate of drug-likeness (QED) is 0.284. The van der Waals surface area contributed by atoms with Crippen molar-refractivity contribution in [2.24, 2.45) is 4.99 Å². The van der Waals surface area contributed by atoms with E-state index in [1.807, 2.05) is 6.92 Å². The van der Waals surface area contributed by atoms with Gasteiger partial charge in [-0.1, -0.05) is 36.4 Å². The van der Waals surface area contributed by atoms with Crippen molar-refractivity contribution in [1.82, 2.24) is 10.6 Å². The second-order valence-corrected chi connectivity index (χ2v) is 6.22. The highest BCUT2D eigenvalue weighted by molar-refractivity contribution is 14.0. The third-order valence-corrected chi connectivity index (χ3v) is 4.26. The van der Waals surface area contributed by atoms with E-state index in [-0.39, 0.29) is 29.8 Å². The van der Waals surface area contributed by atoms with Crippen LogP contribution >= 0.6 is 24.0 Å². The van der Waals surface area contributed by atoms with E-state index in [1.54, 1.807) is 12.1 Å². The number of halogens is 2. The third-order valence-electron chi connectivity index (χ3n) is 4.26. The number of nitrogens with one attached hydrogen (secondary N) is 2. The zero-order valence-electron chi connectivity index (χ0n) is 15.5. The molecule has 0 amide bonds. The number of hydrogen-bond acceptors (Lipinski definition) is 2. The molecule has 27 heavy (non-hydrogen) atoms. The highest BCUT2D eigenvalue weighted by Gasteiger charge is 2.07. The molecule has 6 heteroatoms. The number of guanidine groups is 1. The number of aliphatic imine (C=N–C) groups is 1. The average molecular weight is 480 g/mol. The van der Waals surface area contributed by atoms with Crippen molar-refractivity contribution in [3.05, 3.63) is 77.6 Å². The summed E-state index contributed by atoms with van der Waals surface area (Å²) in [6.07, 6.45) is 4.38. The zero-order chi connectivity index (χ0) is 18.2. The van der Waals surface area contributed by atoms with E-state index in [2.05, 4.69) is 56.9 Å². The molecule has 1 aliphatic heterocycles. The first kappa shape index (κ1) is 21.2. The van der Waals surface area contributed by atoms with Gasteiger partial charge in [0.1, 0.15) is 5.82 Å². The standard InChI is InChI=1S/C21H25FN4.HI/c1-2-23-21(24-15-17-5-9-19(22)10-6-17)25-16-18-7-11-20(12-8-18)26-13-3-4-14-26;/h3-12H,2,13-16H2,1H3,(H2,23,24,25);1H. The predicted molar refractivity (Wildman–Crippen MR) is 121 cm³/mol. The Morgan fingerprint density at radius 3 is 2.22 bits per heavy atom. The van der Waals surface area contributed by atoms with Gasteiger partial charge in [-0.2, -0.15) is 0 Å². The van der Waals surface area contributed by atoms with Crippen molar-refractivity contribution in [1.29, 1.82) is 0 Å². The molecule has 0 radical (unpaired) electrons. The summed E-state index contributed by atoms with van der Waals surface area (Å²) < 4.78 is 13.0. The van der Waals surface area contributed by atoms with E-state index < -0.39 is 0 Å². The lowest BCUT2D eigenvalue weighted by Gasteiger charge is -2.17. The van der Waals surface area contributed by atoms with Crippen LogP contribution in [0.2, 0.25) is 0 Å². The Balaban J connectivity index is 0.00000261. The summed E-state index contributed by atoms with van der Waals surface area (Å²) in [6, 6.07) is 15.0. The Morgan fingerprint density at radius 2 is 1.59 bits per heavy atom. The molecule has 0 unspecified atom stereocenters. The Kier molecular flexibility index (Phi) is 8.57. The van der Waals surface area contributed by atoms with Crippen LogP contribution in [0.4, 0.5) is 10.1 Å². The molecule has 0 aliphatic carbocycles. The first-order valence-electron chi connectivity index (χ1n) is 9.00. The summed E-state index contributed by atoms with van der Waals surface area (Å²) in [5, 5.41) is 6.52. The fraction of sp³-hybridized carbons (Fsp3) is 0.286. The zero-order valence-corrected chi connectivity index (χ0v) is 17.8. The molecule has 2 aromatic carbocycles. The van der Waals surface area contributed by atoms with Gasteiger partial charge in [-0.3, -0.25) is 0 Å². The monoisotopic (exact) mass is 480 g/mol. The second kappa shape index (κ2) is 10.9. The smallest absolute Gasteiger partial charge is 0.191 e. The Hall–Kier alpha value is -2.09. The molecular formula is C21H26FIN4. The molecule has 0 fully saturated rings. The summed E-state index contributed by atoms with van der Waals surface area (Å²) in [6.45, 7) is 6.00. The van der Waals surface area contributed by atoms with Crippen LogP contribution < -0.4 is 15.5 Å². The van der Waals surface area contributed by atoms with Gasteiger partial charge in [-0.15, -0.1) is 24.0 Å². The van der Waals surface area contributed by atoms with Crippen LogP contribution in [0.25, 0.3) is 0 Å². The van der Waals surface area contributed by atoms with Crippen LogP contribution in [0.5, 0.6) is 0 Å². The lowest BCUT2D eigenvalue weighted by Crippen LogP contribution is -2.36. The highest BCUT2D eigenvalue weighted by Crippen LogP contribution is 2.17. The molecular weight excluding hydrogens is 454 g/mol. The van der Waals surface area contributed by atoms with Gasteiger partial charge in [0, 0.05) is 31.9 Å². The molecule has 1 aliphatic rings. The van der Waals surface area contributed by atoms with Gasteiger partial charge < -0.3 is 15.5 Å². The summed E-state index contributed by atoms with van der Waals surface area (Å²) >= 11 is 0. The van der Waals surface area contributed by atoms with Gasteiger partial charge in [-0.25, -0.2) is 9.38 Å². The van der Waals surface area contributed by atoms with Gasteiger partial charge in [0.2, 0.25) is 0 Å². The van der Waals surface area contributed by atoms with Crippen molar-refractivity contribution in [2.75, 3.05) is 24.5 Å². The van der Waals surface area contributed by atoms with E-state index in [1.165, 1.54) is 23.4 Å². The molecule has 0 saturated heterocycles. The molecule has 2 aromatic rings. The summed E-state index contributed by atoms with van der Waals surface area (Å²) in [7, 11) is 0. The van der Waals surface area contributed by atoms with E-state index in [0.29, 0.717) is 13.1 Å². The van der Waals surface area contributed by atoms with Crippen LogP contribution in [0.3, 0.4) is 0 Å². The van der Waals surface area contributed by atoms with Gasteiger partial charge in [-0.05, 0) is 42.3 Å². The van der Waals surface area contributed by atoms with Crippen molar-refractivity contribution < 1.29 is 4.39 Å². The van der Waals surface area contributed by atoms with Crippen molar-refractivity contribution in [3.8, 4) is 0 Å². The predicted octanol–water partition coefficient (Wildman–Crippen LogP) is 4.08. The van der Waals surface area contributed by atoms with Crippen molar-refractivity contribution in [2.45, 2.75) is 20.0 Å². The molecule has 144 valence electrons. The fourth-order valence-corrected chi connectivity index (χ4v) is 2.80. The van der Waals surface area contributed by atoms with Crippen molar-refractivity contribution in [3.63, 3.8) is 0 Å². The minimum absolute atomic E-state index is 0. The van der Waals surface area contributed by atoms with Gasteiger partial charge in [0.05, 0.1) is 6.54 Å². The number of benzene rings is 2. The first-order chi connectivity index (χ1) is 12.7. The van der Waals surface area contributed by atoms with Crippen LogP contribution in [0.15, 0.2) is 65.7 Å². The van der Waals surface area contributed by atoms with E-state index >= 15 is 0 Å². The molecule has 4 nitrogen and oxygen atoms in total. The number of hydrogen-bond donors (Lipinski definition) is 2. The van der Waals surface area contributed by atoms with Gasteiger partial charge in [0.15, 0.2) is 5.96 Å². The molecule has 0 bridgehead atoms. The number of anilines is 1. The molecule has 3 rings (SSSR count). The average Bonchev–Trinajstić information content (AvgIpc) is 3.20. The van der Waals surface area contributed by atoms with Crippen LogP contribution in [0, 0.1) is 5.82 Å². The summed E-state index contributed by atoms with van der Waals surface area (Å²) in [4.78, 5) is 6.96. The lowest BCUT2D eigenvalue weighted by atomic mass is 10.2. The van der Waals surface area contributed by atoms with Crippen LogP contribution in [-0.4, -0.2) is 25.6 Å². The molecule has 0 saturated carbocycles. The lowest BCUT2D eigenvalue weighted by molar-refractivity contribution is 0.626. The Labute approximate surface area is 177 Å². The second-order valence-electron chi connectivity index (χ2n) is 6.22. The minimum Gasteiger partial charge on any atom is -0.364 e. The maximum atomic E-state index is 13.0. The molecule has 0 aromatic heterocycles. The van der Waals surface area contributed by atoms with Crippen molar-refractivity contribution >= 4 is 35.6 Å². The molecule has 0 spiro atoms. The van der Waals surface area contributed by atoms with Gasteiger partial charge in [0.25, 0.3) is 0 Å². The third kappa shape index (κ3) is 6.53. The highest BCUT2D eigenvalue weighted by atomic mass is 127. The van der Waals surface area contributed by atoms with Gasteiger partial charge >= 0.3 is 0 Å². The normalized spacial score (nSPS) is 13.4. The number of nitrogens with zero attached hydrogens (tertiary/aromatic N) is 2. The van der Waals surface area contributed by atoms with E-state index in [0.717, 1.165) is 31.2 Å². The van der Waals surface area contributed by atoms with E-state index in [4.69, 9.17) is 0 Å². The van der Waals surface area contributed by atoms with Crippen LogP contribution in [0.1, 0.15) is 18.1 Å². The number of rotatable bonds is 6. The molecule has 0 atom stereocenters. The first-order valence-corrected chi connectivity index (χ1v) is 9.00. The van der Waals surface area contributed by atoms with Crippen LogP contribution in [-0.2, 0) is 13.1 Å². The maximum absolute atomic E-state index is 13.0. The largest absolute Gasteiger partial charge is 0.364 e. The maximum Gasteiger partial charge on any atom is 0.191 e. The summed E-state index contributed by atoms with van der Waals surface area (Å²) in [5.74, 6) is 0.534. The fourth-order valence-electron chi connectivity index (χ4n) is 2.80.